The summed E-state index contributed by atoms with van der Waals surface area (Å²) in [7, 11) is 3.08. The summed E-state index contributed by atoms with van der Waals surface area (Å²) >= 11 is 0. The summed E-state index contributed by atoms with van der Waals surface area (Å²) < 4.78 is 18.1. The normalized spacial score (nSPS) is 10.3. The highest BCUT2D eigenvalue weighted by Gasteiger charge is 2.17. The fourth-order valence-corrected chi connectivity index (χ4v) is 4.22. The van der Waals surface area contributed by atoms with E-state index in [0.29, 0.717) is 45.2 Å². The second-order valence-corrected chi connectivity index (χ2v) is 9.08. The molecule has 44 heavy (non-hydrogen) atoms. The summed E-state index contributed by atoms with van der Waals surface area (Å²) in [4.78, 5) is 45.9. The largest absolute Gasteiger partial charge is 0.493 e. The highest BCUT2D eigenvalue weighted by atomic mass is 16.5. The summed E-state index contributed by atoms with van der Waals surface area (Å²) in [5, 5.41) is 14.2. The maximum Gasteiger partial charge on any atom is 0.405 e. The lowest BCUT2D eigenvalue weighted by atomic mass is 10.1. The van der Waals surface area contributed by atoms with E-state index in [4.69, 9.17) is 19.3 Å². The minimum Gasteiger partial charge on any atom is -0.493 e. The number of rotatable bonds is 8. The van der Waals surface area contributed by atoms with Gasteiger partial charge in [-0.05, 0) is 42.5 Å². The van der Waals surface area contributed by atoms with Crippen LogP contribution in [0.5, 0.6) is 23.0 Å². The zero-order chi connectivity index (χ0) is 31.1. The smallest absolute Gasteiger partial charge is 0.405 e. The van der Waals surface area contributed by atoms with Gasteiger partial charge in [-0.25, -0.2) is 9.78 Å². The van der Waals surface area contributed by atoms with Gasteiger partial charge in [0, 0.05) is 35.1 Å². The number of pyridine rings is 3. The number of carbonyl (C=O) groups is 2. The van der Waals surface area contributed by atoms with Gasteiger partial charge in [-0.15, -0.1) is 0 Å². The number of methoxy groups -OCH3 is 2. The lowest BCUT2D eigenvalue weighted by Crippen LogP contribution is -2.28. The summed E-state index contributed by atoms with van der Waals surface area (Å²) in [6.07, 6.45) is 3.31. The standard InChI is InChI=1S/C32H25N5O7/c1-42-27-16-23-25(17-28(27)43-2)33-14-12-26(23)44-22-10-11-29(35-18-22)36-30(38)24-15-20(7-6-13-34-32(40)41)19-37(31(24)39)21-8-4-3-5-9-21/h3-5,8-12,14-19,34H,13H2,1-2H3,(H,40,41)(H,35,36,38). The third-order valence-electron chi connectivity index (χ3n) is 6.27. The van der Waals surface area contributed by atoms with Crippen LogP contribution in [0.25, 0.3) is 16.6 Å². The zero-order valence-corrected chi connectivity index (χ0v) is 23.5. The van der Waals surface area contributed by atoms with Gasteiger partial charge in [-0.1, -0.05) is 30.0 Å². The number of amides is 2. The maximum atomic E-state index is 13.3. The topological polar surface area (TPSA) is 154 Å². The van der Waals surface area contributed by atoms with Crippen LogP contribution >= 0.6 is 0 Å². The molecule has 12 nitrogen and oxygen atoms in total. The van der Waals surface area contributed by atoms with E-state index in [1.54, 1.807) is 67.9 Å². The fraction of sp³-hybridized carbons (Fsp3) is 0.0938. The summed E-state index contributed by atoms with van der Waals surface area (Å²) in [5.74, 6) is 6.89. The molecule has 3 heterocycles. The number of hydrogen-bond acceptors (Lipinski definition) is 8. The second-order valence-electron chi connectivity index (χ2n) is 9.08. The van der Waals surface area contributed by atoms with Gasteiger partial charge in [-0.3, -0.25) is 19.1 Å². The van der Waals surface area contributed by atoms with Crippen molar-refractivity contribution in [1.82, 2.24) is 19.9 Å². The van der Waals surface area contributed by atoms with E-state index < -0.39 is 17.6 Å². The van der Waals surface area contributed by atoms with Crippen molar-refractivity contribution >= 4 is 28.7 Å². The van der Waals surface area contributed by atoms with Crippen molar-refractivity contribution in [2.24, 2.45) is 0 Å². The van der Waals surface area contributed by atoms with Gasteiger partial charge in [0.1, 0.15) is 22.9 Å². The molecular formula is C32H25N5O7. The molecule has 0 bridgehead atoms. The van der Waals surface area contributed by atoms with E-state index in [1.807, 2.05) is 0 Å². The molecule has 2 aromatic carbocycles. The maximum absolute atomic E-state index is 13.3. The number of nitrogens with zero attached hydrogens (tertiary/aromatic N) is 3. The van der Waals surface area contributed by atoms with Gasteiger partial charge in [0.2, 0.25) is 0 Å². The SMILES string of the molecule is COc1cc2nccc(Oc3ccc(NC(=O)c4cc(C#CCNC(=O)O)cn(-c5ccccc5)c4=O)nc3)c2cc1OC. The molecule has 5 rings (SSSR count). The summed E-state index contributed by atoms with van der Waals surface area (Å²) in [6, 6.07) is 18.5. The third-order valence-corrected chi connectivity index (χ3v) is 6.27. The van der Waals surface area contributed by atoms with Crippen LogP contribution in [-0.4, -0.2) is 52.4 Å². The molecule has 0 atom stereocenters. The Kier molecular flexibility index (Phi) is 8.67. The Balaban J connectivity index is 1.39. The molecule has 3 N–H and O–H groups in total. The van der Waals surface area contributed by atoms with Crippen LogP contribution < -0.4 is 30.4 Å². The molecule has 0 saturated carbocycles. The van der Waals surface area contributed by atoms with Gasteiger partial charge >= 0.3 is 6.09 Å². The lowest BCUT2D eigenvalue weighted by molar-refractivity contribution is 0.102. The van der Waals surface area contributed by atoms with E-state index in [1.165, 1.54) is 36.2 Å². The van der Waals surface area contributed by atoms with Crippen LogP contribution in [0, 0.1) is 11.8 Å². The number of aromatic nitrogens is 3. The molecule has 0 aliphatic rings. The molecular weight excluding hydrogens is 566 g/mol. The van der Waals surface area contributed by atoms with Crippen molar-refractivity contribution in [3.8, 4) is 40.5 Å². The van der Waals surface area contributed by atoms with Crippen molar-refractivity contribution in [2.45, 2.75) is 0 Å². The van der Waals surface area contributed by atoms with E-state index in [9.17, 15) is 14.4 Å². The highest BCUT2D eigenvalue weighted by Crippen LogP contribution is 2.36. The van der Waals surface area contributed by atoms with Gasteiger partial charge in [0.25, 0.3) is 11.5 Å². The van der Waals surface area contributed by atoms with Crippen LogP contribution in [0.4, 0.5) is 10.6 Å². The van der Waals surface area contributed by atoms with Gasteiger partial charge in [-0.2, -0.15) is 0 Å². The number of nitrogens with one attached hydrogen (secondary N) is 2. The van der Waals surface area contributed by atoms with Crippen LogP contribution in [0.1, 0.15) is 15.9 Å². The third kappa shape index (κ3) is 6.58. The van der Waals surface area contributed by atoms with Crippen molar-refractivity contribution in [3.05, 3.63) is 107 Å². The molecule has 0 spiro atoms. The summed E-state index contributed by atoms with van der Waals surface area (Å²) in [5.41, 5.74) is 0.754. The van der Waals surface area contributed by atoms with Crippen molar-refractivity contribution in [3.63, 3.8) is 0 Å². The average Bonchev–Trinajstić information content (AvgIpc) is 3.04. The first-order valence-electron chi connectivity index (χ1n) is 13.1. The van der Waals surface area contributed by atoms with E-state index in [2.05, 4.69) is 32.4 Å². The van der Waals surface area contributed by atoms with Gasteiger partial charge in [0.05, 0.1) is 32.5 Å². The lowest BCUT2D eigenvalue weighted by Gasteiger charge is -2.12. The minimum atomic E-state index is -1.22. The van der Waals surface area contributed by atoms with Gasteiger partial charge < -0.3 is 30.0 Å². The number of carboxylic acid groups (broad SMARTS) is 1. The zero-order valence-electron chi connectivity index (χ0n) is 23.5. The molecule has 0 fully saturated rings. The van der Waals surface area contributed by atoms with E-state index in [0.717, 1.165) is 0 Å². The van der Waals surface area contributed by atoms with Crippen LogP contribution in [0.15, 0.2) is 90.1 Å². The Morgan fingerprint density at radius 3 is 2.43 bits per heavy atom. The predicted octanol–water partition coefficient (Wildman–Crippen LogP) is 4.46. The quantitative estimate of drug-likeness (QED) is 0.222. The molecule has 0 radical (unpaired) electrons. The second kappa shape index (κ2) is 13.1. The first-order chi connectivity index (χ1) is 21.4. The van der Waals surface area contributed by atoms with Crippen LogP contribution in [-0.2, 0) is 0 Å². The summed E-state index contributed by atoms with van der Waals surface area (Å²) in [6.45, 7) is -0.128. The molecule has 0 unspecified atom stereocenters. The van der Waals surface area contributed by atoms with Crippen molar-refractivity contribution < 1.29 is 28.9 Å². The predicted molar refractivity (Wildman–Crippen MR) is 162 cm³/mol. The Bertz CT molecular complexity index is 1960. The molecule has 3 aromatic heterocycles. The van der Waals surface area contributed by atoms with Crippen molar-refractivity contribution in [2.75, 3.05) is 26.1 Å². The molecule has 2 amide bonds. The molecule has 0 saturated heterocycles. The molecule has 12 heteroatoms. The Labute approximate surface area is 250 Å². The molecule has 0 aliphatic carbocycles. The van der Waals surface area contributed by atoms with Crippen LogP contribution in [0.2, 0.25) is 0 Å². The highest BCUT2D eigenvalue weighted by molar-refractivity contribution is 6.03. The van der Waals surface area contributed by atoms with Gasteiger partial charge in [0.15, 0.2) is 11.5 Å². The Morgan fingerprint density at radius 2 is 1.73 bits per heavy atom. The molecule has 0 aliphatic heterocycles. The number of hydrogen-bond donors (Lipinski definition) is 3. The number of carbonyl (C=O) groups excluding carboxylic acids is 1. The number of para-hydroxylation sites is 1. The number of fused-ring (bicyclic) bond motifs is 1. The Hall–Kier alpha value is -6.35. The number of benzene rings is 2. The fourth-order valence-electron chi connectivity index (χ4n) is 4.22. The monoisotopic (exact) mass is 591 g/mol. The molecule has 220 valence electrons. The Morgan fingerprint density at radius 1 is 0.955 bits per heavy atom. The minimum absolute atomic E-state index is 0.128. The average molecular weight is 592 g/mol. The van der Waals surface area contributed by atoms with Crippen molar-refractivity contribution in [1.29, 1.82) is 0 Å². The first-order valence-corrected chi connectivity index (χ1v) is 13.1. The molecule has 5 aromatic rings. The number of ether oxygens (including phenoxy) is 3. The van der Waals surface area contributed by atoms with E-state index >= 15 is 0 Å². The van der Waals surface area contributed by atoms with Crippen LogP contribution in [0.3, 0.4) is 0 Å². The number of anilines is 1. The van der Waals surface area contributed by atoms with E-state index in [-0.39, 0.29) is 17.9 Å². The first kappa shape index (κ1) is 29.2.